The number of carbonyl (C=O) groups is 3. The van der Waals surface area contributed by atoms with E-state index < -0.39 is 36.2 Å². The number of ketones is 1. The first kappa shape index (κ1) is 11.6. The summed E-state index contributed by atoms with van der Waals surface area (Å²) in [5.74, 6) is -4.08. The first-order valence-electron chi connectivity index (χ1n) is 3.43. The van der Waals surface area contributed by atoms with Crippen LogP contribution in [0.15, 0.2) is 0 Å². The lowest BCUT2D eigenvalue weighted by atomic mass is 9.94. The van der Waals surface area contributed by atoms with E-state index in [1.54, 1.807) is 0 Å². The highest BCUT2D eigenvalue weighted by molar-refractivity contribution is 5.89. The highest BCUT2D eigenvalue weighted by atomic mass is 16.4. The van der Waals surface area contributed by atoms with Gasteiger partial charge >= 0.3 is 5.97 Å². The van der Waals surface area contributed by atoms with E-state index in [1.165, 1.54) is 0 Å². The molecule has 6 nitrogen and oxygen atoms in total. The minimum absolute atomic E-state index is 0.618. The maximum absolute atomic E-state index is 10.5. The zero-order chi connectivity index (χ0) is 10.6. The molecule has 0 aromatic heterocycles. The maximum atomic E-state index is 10.5. The van der Waals surface area contributed by atoms with Crippen molar-refractivity contribution in [3.05, 3.63) is 0 Å². The molecule has 0 rings (SSSR count). The van der Waals surface area contributed by atoms with E-state index in [9.17, 15) is 19.5 Å². The van der Waals surface area contributed by atoms with Gasteiger partial charge in [-0.3, -0.25) is 9.59 Å². The van der Waals surface area contributed by atoms with E-state index in [4.69, 9.17) is 10.2 Å². The second kappa shape index (κ2) is 3.99. The second-order valence-electron chi connectivity index (χ2n) is 2.77. The molecule has 2 N–H and O–H groups in total. The number of carbonyl (C=O) groups excluding carboxylic acids is 2. The summed E-state index contributed by atoms with van der Waals surface area (Å²) >= 11 is 0. The van der Waals surface area contributed by atoms with Crippen LogP contribution in [0.25, 0.3) is 0 Å². The fourth-order valence-electron chi connectivity index (χ4n) is 0.869. The van der Waals surface area contributed by atoms with Crippen molar-refractivity contribution in [2.75, 3.05) is 0 Å². The summed E-state index contributed by atoms with van der Waals surface area (Å²) in [7, 11) is 0. The Morgan fingerprint density at radius 2 is 1.77 bits per heavy atom. The van der Waals surface area contributed by atoms with E-state index in [0.29, 0.717) is 0 Å². The Morgan fingerprint density at radius 3 is 2.00 bits per heavy atom. The van der Waals surface area contributed by atoms with Crippen molar-refractivity contribution < 1.29 is 29.7 Å². The van der Waals surface area contributed by atoms with Gasteiger partial charge in [0, 0.05) is 6.42 Å². The average Bonchev–Trinajstić information content (AvgIpc) is 1.82. The number of aliphatic carboxylic acids is 2. The molecule has 0 aliphatic carbocycles. The molecule has 0 aliphatic heterocycles. The van der Waals surface area contributed by atoms with Crippen LogP contribution in [0.2, 0.25) is 0 Å². The third-order valence-electron chi connectivity index (χ3n) is 1.37. The summed E-state index contributed by atoms with van der Waals surface area (Å²) in [5, 5.41) is 27.7. The van der Waals surface area contributed by atoms with Crippen LogP contribution in [0.3, 0.4) is 0 Å². The molecular weight excluding hydrogens is 180 g/mol. The Morgan fingerprint density at radius 1 is 1.31 bits per heavy atom. The van der Waals surface area contributed by atoms with Crippen molar-refractivity contribution >= 4 is 17.7 Å². The lowest BCUT2D eigenvalue weighted by Gasteiger charge is -2.25. The molecule has 1 unspecified atom stereocenters. The van der Waals surface area contributed by atoms with Gasteiger partial charge in [0.25, 0.3) is 0 Å². The normalized spacial score (nSPS) is 14.6. The molecule has 0 bridgehead atoms. The molecule has 74 valence electrons. The molecule has 0 spiro atoms. The molecular formula is C7H9O6-. The van der Waals surface area contributed by atoms with Crippen LogP contribution in [0.5, 0.6) is 0 Å². The number of hydrogen-bond donors (Lipinski definition) is 2. The van der Waals surface area contributed by atoms with Crippen molar-refractivity contribution in [3.8, 4) is 0 Å². The molecule has 0 radical (unpaired) electrons. The first-order valence-corrected chi connectivity index (χ1v) is 3.43. The monoisotopic (exact) mass is 189 g/mol. The Kier molecular flexibility index (Phi) is 3.55. The maximum Gasteiger partial charge on any atom is 0.306 e. The minimum Gasteiger partial charge on any atom is -0.547 e. The lowest BCUT2D eigenvalue weighted by Crippen LogP contribution is -2.50. The van der Waals surface area contributed by atoms with E-state index >= 15 is 0 Å². The minimum atomic E-state index is -2.60. The summed E-state index contributed by atoms with van der Waals surface area (Å²) in [6.45, 7) is 1.05. The third kappa shape index (κ3) is 3.66. The van der Waals surface area contributed by atoms with Crippen molar-refractivity contribution in [1.82, 2.24) is 0 Å². The summed E-state index contributed by atoms with van der Waals surface area (Å²) in [4.78, 5) is 31.0. The van der Waals surface area contributed by atoms with E-state index in [2.05, 4.69) is 0 Å². The Bertz CT molecular complexity index is 227. The fourth-order valence-corrected chi connectivity index (χ4v) is 0.869. The topological polar surface area (TPSA) is 115 Å². The van der Waals surface area contributed by atoms with Crippen LogP contribution < -0.4 is 5.11 Å². The number of carboxylic acids is 2. The van der Waals surface area contributed by atoms with Crippen LogP contribution >= 0.6 is 0 Å². The summed E-state index contributed by atoms with van der Waals surface area (Å²) in [6.07, 6.45) is -1.81. The van der Waals surface area contributed by atoms with Crippen LogP contribution in [0.1, 0.15) is 19.8 Å². The van der Waals surface area contributed by atoms with Crippen molar-refractivity contribution in [3.63, 3.8) is 0 Å². The van der Waals surface area contributed by atoms with Gasteiger partial charge in [-0.25, -0.2) is 0 Å². The number of hydrogen-bond acceptors (Lipinski definition) is 5. The molecule has 0 aromatic carbocycles. The van der Waals surface area contributed by atoms with Crippen LogP contribution in [-0.4, -0.2) is 33.5 Å². The Labute approximate surface area is 73.8 Å². The number of carboxylic acid groups (broad SMARTS) is 2. The van der Waals surface area contributed by atoms with Crippen LogP contribution in [-0.2, 0) is 14.4 Å². The quantitative estimate of drug-likeness (QED) is 0.513. The van der Waals surface area contributed by atoms with Gasteiger partial charge in [-0.05, 0) is 6.92 Å². The Hall–Kier alpha value is -1.43. The third-order valence-corrected chi connectivity index (χ3v) is 1.37. The molecule has 0 aliphatic rings. The zero-order valence-corrected chi connectivity index (χ0v) is 6.94. The van der Waals surface area contributed by atoms with Gasteiger partial charge in [0.2, 0.25) is 0 Å². The van der Waals surface area contributed by atoms with Gasteiger partial charge in [-0.2, -0.15) is 0 Å². The molecule has 0 saturated heterocycles. The molecule has 0 heterocycles. The van der Waals surface area contributed by atoms with Crippen LogP contribution in [0.4, 0.5) is 0 Å². The number of aliphatic hydroxyl groups is 1. The fraction of sp³-hybridized carbons (Fsp3) is 0.571. The molecule has 6 heteroatoms. The average molecular weight is 189 g/mol. The van der Waals surface area contributed by atoms with E-state index in [1.807, 2.05) is 0 Å². The molecule has 0 amide bonds. The lowest BCUT2D eigenvalue weighted by molar-refractivity contribution is -0.325. The molecule has 0 saturated carbocycles. The predicted octanol–water partition coefficient (Wildman–Crippen LogP) is -2.08. The second-order valence-corrected chi connectivity index (χ2v) is 2.77. The van der Waals surface area contributed by atoms with E-state index in [0.717, 1.165) is 6.92 Å². The molecule has 13 heavy (non-hydrogen) atoms. The predicted molar refractivity (Wildman–Crippen MR) is 37.5 cm³/mol. The van der Waals surface area contributed by atoms with Crippen molar-refractivity contribution in [2.45, 2.75) is 25.4 Å². The summed E-state index contributed by atoms with van der Waals surface area (Å²) in [6, 6.07) is 0. The van der Waals surface area contributed by atoms with Gasteiger partial charge in [-0.1, -0.05) is 0 Å². The van der Waals surface area contributed by atoms with Gasteiger partial charge in [0.1, 0.15) is 11.4 Å². The van der Waals surface area contributed by atoms with Crippen molar-refractivity contribution in [2.24, 2.45) is 0 Å². The SMILES string of the molecule is CC(=O)CC(O)(CC(=O)O)C(=O)[O-]. The summed E-state index contributed by atoms with van der Waals surface area (Å²) < 4.78 is 0. The first-order chi connectivity index (χ1) is 5.78. The van der Waals surface area contributed by atoms with Crippen molar-refractivity contribution in [1.29, 1.82) is 0 Å². The highest BCUT2D eigenvalue weighted by Crippen LogP contribution is 2.14. The van der Waals surface area contributed by atoms with Gasteiger partial charge in [0.05, 0.1) is 12.4 Å². The van der Waals surface area contributed by atoms with Crippen LogP contribution in [0, 0.1) is 0 Å². The standard InChI is InChI=1S/C7H10O6/c1-4(8)2-7(13,6(11)12)3-5(9)10/h13H,2-3H2,1H3,(H,9,10)(H,11,12)/p-1. The van der Waals surface area contributed by atoms with Gasteiger partial charge < -0.3 is 20.1 Å². The molecule has 0 fully saturated rings. The largest absolute Gasteiger partial charge is 0.547 e. The van der Waals surface area contributed by atoms with Gasteiger partial charge in [0.15, 0.2) is 0 Å². The zero-order valence-electron chi connectivity index (χ0n) is 6.94. The Balaban J connectivity index is 4.62. The van der Waals surface area contributed by atoms with E-state index in [-0.39, 0.29) is 0 Å². The number of Topliss-reactive ketones (excluding diaryl/α,β-unsaturated/α-hetero) is 1. The summed E-state index contributed by atoms with van der Waals surface area (Å²) in [5.41, 5.74) is -2.60. The molecule has 1 atom stereocenters. The highest BCUT2D eigenvalue weighted by Gasteiger charge is 2.33. The smallest absolute Gasteiger partial charge is 0.306 e. The molecule has 0 aromatic rings. The van der Waals surface area contributed by atoms with Gasteiger partial charge in [-0.15, -0.1) is 0 Å². The number of rotatable bonds is 5.